The van der Waals surface area contributed by atoms with Crippen LogP contribution in [0.2, 0.25) is 0 Å². The van der Waals surface area contributed by atoms with Gasteiger partial charge in [0.1, 0.15) is 11.5 Å². The Labute approximate surface area is 97.6 Å². The molecule has 0 bridgehead atoms. The van der Waals surface area contributed by atoms with Crippen LogP contribution in [-0.4, -0.2) is 14.2 Å². The van der Waals surface area contributed by atoms with Crippen LogP contribution in [0, 0.1) is 5.92 Å². The first-order valence-electron chi connectivity index (χ1n) is 5.60. The lowest BCUT2D eigenvalue weighted by Crippen LogP contribution is -2.18. The molecule has 3 nitrogen and oxygen atoms in total. The summed E-state index contributed by atoms with van der Waals surface area (Å²) in [5, 5.41) is 0. The molecular formula is C13H21NO2. The molecule has 90 valence electrons. The highest BCUT2D eigenvalue weighted by molar-refractivity contribution is 5.39. The Morgan fingerprint density at radius 3 is 2.00 bits per heavy atom. The molecule has 0 heterocycles. The summed E-state index contributed by atoms with van der Waals surface area (Å²) in [6.45, 7) is 4.29. The molecule has 2 N–H and O–H groups in total. The van der Waals surface area contributed by atoms with Crippen LogP contribution in [0.4, 0.5) is 0 Å². The quantitative estimate of drug-likeness (QED) is 0.834. The predicted molar refractivity (Wildman–Crippen MR) is 65.9 cm³/mol. The highest BCUT2D eigenvalue weighted by atomic mass is 16.5. The molecule has 1 aromatic rings. The van der Waals surface area contributed by atoms with E-state index >= 15 is 0 Å². The van der Waals surface area contributed by atoms with Gasteiger partial charge < -0.3 is 15.2 Å². The SMILES string of the molecule is CCC(C)[C@H](N)c1cc(OC)cc(OC)c1. The normalized spacial score (nSPS) is 14.3. The minimum absolute atomic E-state index is 0.0222. The average Bonchev–Trinajstić information content (AvgIpc) is 2.35. The number of ether oxygens (including phenoxy) is 2. The Balaban J connectivity index is 3.02. The summed E-state index contributed by atoms with van der Waals surface area (Å²) < 4.78 is 10.5. The molecule has 0 radical (unpaired) electrons. The molecule has 0 spiro atoms. The van der Waals surface area contributed by atoms with Gasteiger partial charge in [-0.1, -0.05) is 20.3 Å². The summed E-state index contributed by atoms with van der Waals surface area (Å²) in [5.74, 6) is 2.01. The molecule has 2 atom stereocenters. The van der Waals surface area contributed by atoms with E-state index in [0.717, 1.165) is 23.5 Å². The van der Waals surface area contributed by atoms with Crippen LogP contribution in [0.3, 0.4) is 0 Å². The van der Waals surface area contributed by atoms with Crippen molar-refractivity contribution in [3.8, 4) is 11.5 Å². The fraction of sp³-hybridized carbons (Fsp3) is 0.538. The van der Waals surface area contributed by atoms with Crippen LogP contribution >= 0.6 is 0 Å². The third kappa shape index (κ3) is 2.89. The van der Waals surface area contributed by atoms with Gasteiger partial charge in [-0.25, -0.2) is 0 Å². The number of methoxy groups -OCH3 is 2. The van der Waals surface area contributed by atoms with Crippen LogP contribution < -0.4 is 15.2 Å². The number of hydrogen-bond acceptors (Lipinski definition) is 3. The van der Waals surface area contributed by atoms with E-state index in [1.54, 1.807) is 14.2 Å². The second kappa shape index (κ2) is 5.75. The van der Waals surface area contributed by atoms with E-state index in [-0.39, 0.29) is 6.04 Å². The molecule has 0 amide bonds. The highest BCUT2D eigenvalue weighted by Crippen LogP contribution is 2.29. The van der Waals surface area contributed by atoms with Gasteiger partial charge in [0.2, 0.25) is 0 Å². The smallest absolute Gasteiger partial charge is 0.122 e. The molecule has 0 saturated heterocycles. The summed E-state index contributed by atoms with van der Waals surface area (Å²) >= 11 is 0. The molecule has 0 aliphatic rings. The zero-order valence-electron chi connectivity index (χ0n) is 10.5. The average molecular weight is 223 g/mol. The molecule has 0 aliphatic carbocycles. The topological polar surface area (TPSA) is 44.5 Å². The van der Waals surface area contributed by atoms with Crippen LogP contribution in [0.15, 0.2) is 18.2 Å². The molecule has 0 saturated carbocycles. The van der Waals surface area contributed by atoms with Crippen molar-refractivity contribution in [1.82, 2.24) is 0 Å². The first-order chi connectivity index (χ1) is 7.62. The number of rotatable bonds is 5. The van der Waals surface area contributed by atoms with Crippen molar-refractivity contribution in [2.75, 3.05) is 14.2 Å². The lowest BCUT2D eigenvalue weighted by atomic mass is 9.93. The van der Waals surface area contributed by atoms with E-state index in [2.05, 4.69) is 13.8 Å². The second-order valence-corrected chi connectivity index (χ2v) is 4.06. The van der Waals surface area contributed by atoms with E-state index in [9.17, 15) is 0 Å². The van der Waals surface area contributed by atoms with Crippen LogP contribution in [0.25, 0.3) is 0 Å². The van der Waals surface area contributed by atoms with Crippen molar-refractivity contribution < 1.29 is 9.47 Å². The maximum Gasteiger partial charge on any atom is 0.122 e. The van der Waals surface area contributed by atoms with E-state index in [4.69, 9.17) is 15.2 Å². The van der Waals surface area contributed by atoms with Crippen LogP contribution in [0.5, 0.6) is 11.5 Å². The van der Waals surface area contributed by atoms with Gasteiger partial charge in [-0.3, -0.25) is 0 Å². The molecule has 0 aliphatic heterocycles. The minimum Gasteiger partial charge on any atom is -0.497 e. The Bertz CT molecular complexity index is 316. The fourth-order valence-corrected chi connectivity index (χ4v) is 1.60. The predicted octanol–water partition coefficient (Wildman–Crippen LogP) is 2.75. The molecule has 1 unspecified atom stereocenters. The molecule has 1 rings (SSSR count). The van der Waals surface area contributed by atoms with Crippen molar-refractivity contribution >= 4 is 0 Å². The van der Waals surface area contributed by atoms with Crippen molar-refractivity contribution in [2.45, 2.75) is 26.3 Å². The van der Waals surface area contributed by atoms with Gasteiger partial charge in [-0.15, -0.1) is 0 Å². The lowest BCUT2D eigenvalue weighted by Gasteiger charge is -2.20. The largest absolute Gasteiger partial charge is 0.497 e. The van der Waals surface area contributed by atoms with Gasteiger partial charge in [0.25, 0.3) is 0 Å². The van der Waals surface area contributed by atoms with Gasteiger partial charge in [0, 0.05) is 12.1 Å². The standard InChI is InChI=1S/C13H21NO2/c1-5-9(2)13(14)10-6-11(15-3)8-12(7-10)16-4/h6-9,13H,5,14H2,1-4H3/t9?,13-/m0/s1. The monoisotopic (exact) mass is 223 g/mol. The third-order valence-electron chi connectivity index (χ3n) is 3.02. The van der Waals surface area contributed by atoms with E-state index in [1.165, 1.54) is 0 Å². The first kappa shape index (κ1) is 12.8. The first-order valence-corrected chi connectivity index (χ1v) is 5.60. The lowest BCUT2D eigenvalue weighted by molar-refractivity contribution is 0.389. The summed E-state index contributed by atoms with van der Waals surface area (Å²) in [4.78, 5) is 0. The Morgan fingerprint density at radius 2 is 1.62 bits per heavy atom. The summed E-state index contributed by atoms with van der Waals surface area (Å²) in [6, 6.07) is 5.82. The van der Waals surface area contributed by atoms with Crippen LogP contribution in [-0.2, 0) is 0 Å². The summed E-state index contributed by atoms with van der Waals surface area (Å²) in [5.41, 5.74) is 7.25. The van der Waals surface area contributed by atoms with E-state index in [1.807, 2.05) is 18.2 Å². The van der Waals surface area contributed by atoms with Gasteiger partial charge >= 0.3 is 0 Å². The highest BCUT2D eigenvalue weighted by Gasteiger charge is 2.15. The molecule has 16 heavy (non-hydrogen) atoms. The maximum atomic E-state index is 6.19. The second-order valence-electron chi connectivity index (χ2n) is 4.06. The van der Waals surface area contributed by atoms with Crippen molar-refractivity contribution in [3.63, 3.8) is 0 Å². The molecule has 0 aromatic heterocycles. The van der Waals surface area contributed by atoms with Gasteiger partial charge in [0.15, 0.2) is 0 Å². The maximum absolute atomic E-state index is 6.19. The fourth-order valence-electron chi connectivity index (χ4n) is 1.60. The van der Waals surface area contributed by atoms with Crippen molar-refractivity contribution in [2.24, 2.45) is 11.7 Å². The van der Waals surface area contributed by atoms with E-state index < -0.39 is 0 Å². The minimum atomic E-state index is 0.0222. The zero-order valence-corrected chi connectivity index (χ0v) is 10.5. The van der Waals surface area contributed by atoms with Gasteiger partial charge in [-0.05, 0) is 23.6 Å². The van der Waals surface area contributed by atoms with Crippen LogP contribution in [0.1, 0.15) is 31.9 Å². The molecule has 3 heteroatoms. The number of nitrogens with two attached hydrogens (primary N) is 1. The molecule has 0 fully saturated rings. The zero-order chi connectivity index (χ0) is 12.1. The number of benzene rings is 1. The Morgan fingerprint density at radius 1 is 1.12 bits per heavy atom. The van der Waals surface area contributed by atoms with Crippen molar-refractivity contribution in [1.29, 1.82) is 0 Å². The summed E-state index contributed by atoms with van der Waals surface area (Å²) in [6.07, 6.45) is 1.06. The van der Waals surface area contributed by atoms with Gasteiger partial charge in [0.05, 0.1) is 14.2 Å². The Kier molecular flexibility index (Phi) is 4.62. The van der Waals surface area contributed by atoms with Crippen molar-refractivity contribution in [3.05, 3.63) is 23.8 Å². The van der Waals surface area contributed by atoms with Gasteiger partial charge in [-0.2, -0.15) is 0 Å². The molecular weight excluding hydrogens is 202 g/mol. The number of hydrogen-bond donors (Lipinski definition) is 1. The third-order valence-corrected chi connectivity index (χ3v) is 3.02. The molecule has 1 aromatic carbocycles. The van der Waals surface area contributed by atoms with E-state index in [0.29, 0.717) is 5.92 Å². The summed E-state index contributed by atoms with van der Waals surface area (Å²) in [7, 11) is 3.29. The Hall–Kier alpha value is -1.22.